The van der Waals surface area contributed by atoms with Crippen molar-refractivity contribution in [3.63, 3.8) is 0 Å². The summed E-state index contributed by atoms with van der Waals surface area (Å²) in [6.07, 6.45) is 2.99. The van der Waals surface area contributed by atoms with E-state index < -0.39 is 0 Å². The molecule has 0 spiro atoms. The van der Waals surface area contributed by atoms with Crippen molar-refractivity contribution in [1.29, 1.82) is 0 Å². The first kappa shape index (κ1) is 16.6. The van der Waals surface area contributed by atoms with Gasteiger partial charge >= 0.3 is 0 Å². The second kappa shape index (κ2) is 7.99. The predicted octanol–water partition coefficient (Wildman–Crippen LogP) is 4.14. The van der Waals surface area contributed by atoms with Crippen LogP contribution in [0.3, 0.4) is 0 Å². The van der Waals surface area contributed by atoms with E-state index in [0.29, 0.717) is 19.4 Å². The molecule has 0 bridgehead atoms. The second-order valence-corrected chi connectivity index (χ2v) is 6.11. The van der Waals surface area contributed by atoms with E-state index >= 15 is 0 Å². The first-order chi connectivity index (χ1) is 10.6. The fourth-order valence-electron chi connectivity index (χ4n) is 2.23. The SMILES string of the molecule is CSc1ccc(CN(C)C(=O)CCc2cccc(F)c2)cc1. The highest BCUT2D eigenvalue weighted by Gasteiger charge is 2.09. The average molecular weight is 317 g/mol. The molecule has 0 aliphatic carbocycles. The van der Waals surface area contributed by atoms with Crippen molar-refractivity contribution >= 4 is 17.7 Å². The van der Waals surface area contributed by atoms with E-state index in [2.05, 4.69) is 12.1 Å². The lowest BCUT2D eigenvalue weighted by Crippen LogP contribution is -2.26. The lowest BCUT2D eigenvalue weighted by Gasteiger charge is -2.17. The van der Waals surface area contributed by atoms with E-state index in [1.54, 1.807) is 29.8 Å². The zero-order valence-corrected chi connectivity index (χ0v) is 13.7. The molecule has 0 aromatic heterocycles. The third-order valence-electron chi connectivity index (χ3n) is 3.52. The molecule has 0 heterocycles. The van der Waals surface area contributed by atoms with Crippen LogP contribution in [0.1, 0.15) is 17.5 Å². The van der Waals surface area contributed by atoms with Gasteiger partial charge in [0, 0.05) is 24.9 Å². The van der Waals surface area contributed by atoms with Crippen LogP contribution in [0.5, 0.6) is 0 Å². The van der Waals surface area contributed by atoms with E-state index in [9.17, 15) is 9.18 Å². The topological polar surface area (TPSA) is 20.3 Å². The van der Waals surface area contributed by atoms with Gasteiger partial charge in [0.05, 0.1) is 0 Å². The molecular formula is C18H20FNOS. The Morgan fingerprint density at radius 2 is 1.86 bits per heavy atom. The fourth-order valence-corrected chi connectivity index (χ4v) is 2.64. The van der Waals surface area contributed by atoms with Crippen molar-refractivity contribution in [3.8, 4) is 0 Å². The minimum Gasteiger partial charge on any atom is -0.341 e. The van der Waals surface area contributed by atoms with E-state index in [0.717, 1.165) is 11.1 Å². The second-order valence-electron chi connectivity index (χ2n) is 5.23. The summed E-state index contributed by atoms with van der Waals surface area (Å²) < 4.78 is 13.1. The number of hydrogen-bond donors (Lipinski definition) is 0. The highest BCUT2D eigenvalue weighted by Crippen LogP contribution is 2.16. The van der Waals surface area contributed by atoms with Crippen molar-refractivity contribution in [2.75, 3.05) is 13.3 Å². The molecule has 0 N–H and O–H groups in total. The summed E-state index contributed by atoms with van der Waals surface area (Å²) in [6, 6.07) is 14.6. The van der Waals surface area contributed by atoms with Gasteiger partial charge in [-0.2, -0.15) is 0 Å². The van der Waals surface area contributed by atoms with Gasteiger partial charge in [0.2, 0.25) is 5.91 Å². The molecule has 1 amide bonds. The molecule has 0 aliphatic heterocycles. The van der Waals surface area contributed by atoms with E-state index in [1.165, 1.54) is 17.0 Å². The van der Waals surface area contributed by atoms with Gasteiger partial charge in [-0.15, -0.1) is 11.8 Å². The summed E-state index contributed by atoms with van der Waals surface area (Å²) >= 11 is 1.70. The Bertz CT molecular complexity index is 627. The summed E-state index contributed by atoms with van der Waals surface area (Å²) in [4.78, 5) is 15.1. The first-order valence-electron chi connectivity index (χ1n) is 7.20. The van der Waals surface area contributed by atoms with E-state index in [4.69, 9.17) is 0 Å². The summed E-state index contributed by atoms with van der Waals surface area (Å²) in [6.45, 7) is 0.594. The van der Waals surface area contributed by atoms with Crippen molar-refractivity contribution in [3.05, 3.63) is 65.5 Å². The van der Waals surface area contributed by atoms with Crippen LogP contribution >= 0.6 is 11.8 Å². The lowest BCUT2D eigenvalue weighted by atomic mass is 10.1. The van der Waals surface area contributed by atoms with Crippen LogP contribution in [0, 0.1) is 5.82 Å². The molecule has 2 rings (SSSR count). The molecule has 2 nitrogen and oxygen atoms in total. The number of carbonyl (C=O) groups excluding carboxylic acids is 1. The summed E-state index contributed by atoms with van der Waals surface area (Å²) in [7, 11) is 1.80. The smallest absolute Gasteiger partial charge is 0.222 e. The van der Waals surface area contributed by atoms with E-state index in [-0.39, 0.29) is 11.7 Å². The number of carbonyl (C=O) groups is 1. The minimum atomic E-state index is -0.257. The number of benzene rings is 2. The Morgan fingerprint density at radius 3 is 2.50 bits per heavy atom. The molecule has 0 aliphatic rings. The van der Waals surface area contributed by atoms with Gasteiger partial charge in [-0.1, -0.05) is 24.3 Å². The van der Waals surface area contributed by atoms with Crippen molar-refractivity contribution in [2.45, 2.75) is 24.3 Å². The molecule has 4 heteroatoms. The van der Waals surface area contributed by atoms with Crippen LogP contribution in [0.2, 0.25) is 0 Å². The molecule has 22 heavy (non-hydrogen) atoms. The molecule has 0 saturated carbocycles. The molecule has 0 fully saturated rings. The Morgan fingerprint density at radius 1 is 1.14 bits per heavy atom. The number of halogens is 1. The van der Waals surface area contributed by atoms with Gasteiger partial charge in [0.1, 0.15) is 5.82 Å². The number of hydrogen-bond acceptors (Lipinski definition) is 2. The Balaban J connectivity index is 1.86. The fraction of sp³-hybridized carbons (Fsp3) is 0.278. The van der Waals surface area contributed by atoms with Gasteiger partial charge in [0.15, 0.2) is 0 Å². The van der Waals surface area contributed by atoms with Crippen LogP contribution in [-0.2, 0) is 17.8 Å². The zero-order chi connectivity index (χ0) is 15.9. The third kappa shape index (κ3) is 4.88. The lowest BCUT2D eigenvalue weighted by molar-refractivity contribution is -0.130. The molecule has 0 unspecified atom stereocenters. The quantitative estimate of drug-likeness (QED) is 0.746. The maximum absolute atomic E-state index is 13.1. The van der Waals surface area contributed by atoms with Crippen LogP contribution in [0.25, 0.3) is 0 Å². The molecule has 2 aromatic rings. The average Bonchev–Trinajstić information content (AvgIpc) is 2.53. The van der Waals surface area contributed by atoms with Crippen LogP contribution in [-0.4, -0.2) is 24.1 Å². The highest BCUT2D eigenvalue weighted by atomic mass is 32.2. The van der Waals surface area contributed by atoms with Crippen molar-refractivity contribution in [2.24, 2.45) is 0 Å². The van der Waals surface area contributed by atoms with Gasteiger partial charge in [-0.25, -0.2) is 4.39 Å². The molecule has 0 radical (unpaired) electrons. The predicted molar refractivity (Wildman–Crippen MR) is 89.4 cm³/mol. The number of thioether (sulfide) groups is 1. The molecule has 2 aromatic carbocycles. The number of aryl methyl sites for hydroxylation is 1. The summed E-state index contributed by atoms with van der Waals surface area (Å²) in [5.74, 6) is -0.189. The van der Waals surface area contributed by atoms with Crippen molar-refractivity contribution in [1.82, 2.24) is 4.90 Å². The standard InChI is InChI=1S/C18H20FNOS/c1-20(13-15-6-9-17(22-2)10-7-15)18(21)11-8-14-4-3-5-16(19)12-14/h3-7,9-10,12H,8,11,13H2,1-2H3. The van der Waals surface area contributed by atoms with Gasteiger partial charge < -0.3 is 4.90 Å². The third-order valence-corrected chi connectivity index (χ3v) is 4.26. The Kier molecular flexibility index (Phi) is 6.01. The van der Waals surface area contributed by atoms with Gasteiger partial charge in [0.25, 0.3) is 0 Å². The highest BCUT2D eigenvalue weighted by molar-refractivity contribution is 7.98. The summed E-state index contributed by atoms with van der Waals surface area (Å²) in [5.41, 5.74) is 1.96. The molecular weight excluding hydrogens is 297 g/mol. The largest absolute Gasteiger partial charge is 0.341 e. The number of rotatable bonds is 6. The Hall–Kier alpha value is -1.81. The van der Waals surface area contributed by atoms with Crippen LogP contribution in [0.4, 0.5) is 4.39 Å². The maximum Gasteiger partial charge on any atom is 0.222 e. The van der Waals surface area contributed by atoms with E-state index in [1.807, 2.05) is 24.5 Å². The monoisotopic (exact) mass is 317 g/mol. The molecule has 0 saturated heterocycles. The molecule has 116 valence electrons. The molecule has 0 atom stereocenters. The normalized spacial score (nSPS) is 10.5. The van der Waals surface area contributed by atoms with Crippen LogP contribution in [0.15, 0.2) is 53.4 Å². The van der Waals surface area contributed by atoms with Gasteiger partial charge in [-0.05, 0) is 48.1 Å². The van der Waals surface area contributed by atoms with Crippen molar-refractivity contribution < 1.29 is 9.18 Å². The zero-order valence-electron chi connectivity index (χ0n) is 12.9. The maximum atomic E-state index is 13.1. The Labute approximate surface area is 135 Å². The number of nitrogens with zero attached hydrogens (tertiary/aromatic N) is 1. The minimum absolute atomic E-state index is 0.0678. The summed E-state index contributed by atoms with van der Waals surface area (Å²) in [5, 5.41) is 0. The number of amides is 1. The van der Waals surface area contributed by atoms with Gasteiger partial charge in [-0.3, -0.25) is 4.79 Å². The van der Waals surface area contributed by atoms with Crippen LogP contribution < -0.4 is 0 Å². The first-order valence-corrected chi connectivity index (χ1v) is 8.42.